The first kappa shape index (κ1) is 17.0. The normalized spacial score (nSPS) is 22.8. The van der Waals surface area contributed by atoms with E-state index < -0.39 is 7.60 Å². The van der Waals surface area contributed by atoms with Gasteiger partial charge < -0.3 is 25.7 Å². The summed E-state index contributed by atoms with van der Waals surface area (Å²) in [6, 6.07) is 0. The van der Waals surface area contributed by atoms with Gasteiger partial charge in [-0.25, -0.2) is 0 Å². The molecule has 1 saturated heterocycles. The van der Waals surface area contributed by atoms with Crippen LogP contribution in [0.4, 0.5) is 0 Å². The van der Waals surface area contributed by atoms with E-state index in [1.807, 2.05) is 4.90 Å². The molecule has 7 nitrogen and oxygen atoms in total. The first-order chi connectivity index (χ1) is 9.08. The number of hydrogen-bond donors (Lipinski definition) is 5. The van der Waals surface area contributed by atoms with E-state index in [-0.39, 0.29) is 6.29 Å². The molecule has 1 fully saturated rings. The highest BCUT2D eigenvalue weighted by molar-refractivity contribution is 7.51. The van der Waals surface area contributed by atoms with Gasteiger partial charge in [-0.3, -0.25) is 9.46 Å². The summed E-state index contributed by atoms with van der Waals surface area (Å²) in [5.74, 6) is 0. The zero-order valence-corrected chi connectivity index (χ0v) is 12.4. The van der Waals surface area contributed by atoms with Crippen molar-refractivity contribution in [3.8, 4) is 0 Å². The number of rotatable bonds is 2. The first-order valence-corrected chi connectivity index (χ1v) is 8.77. The molecule has 0 aromatic rings. The van der Waals surface area contributed by atoms with Crippen molar-refractivity contribution in [1.29, 1.82) is 0 Å². The van der Waals surface area contributed by atoms with Crippen molar-refractivity contribution in [2.24, 2.45) is 0 Å². The summed E-state index contributed by atoms with van der Waals surface area (Å²) in [7, 11) is -3.96. The lowest BCUT2D eigenvalue weighted by Gasteiger charge is -2.23. The van der Waals surface area contributed by atoms with E-state index in [0.29, 0.717) is 13.1 Å². The van der Waals surface area contributed by atoms with Crippen LogP contribution in [0.1, 0.15) is 12.8 Å². The average Bonchev–Trinajstić information content (AvgIpc) is 2.32. The van der Waals surface area contributed by atoms with Gasteiger partial charge in [0.25, 0.3) is 0 Å². The van der Waals surface area contributed by atoms with Crippen LogP contribution in [-0.2, 0) is 4.57 Å². The maximum atomic E-state index is 11.1. The zero-order chi connectivity index (χ0) is 14.0. The van der Waals surface area contributed by atoms with Crippen LogP contribution < -0.4 is 16.0 Å². The molecular weight excluding hydrogens is 267 g/mol. The molecule has 0 unspecified atom stereocenters. The van der Waals surface area contributed by atoms with Gasteiger partial charge in [0.1, 0.15) is 6.29 Å². The van der Waals surface area contributed by atoms with Crippen molar-refractivity contribution in [3.05, 3.63) is 0 Å². The van der Waals surface area contributed by atoms with Crippen molar-refractivity contribution in [3.63, 3.8) is 0 Å². The predicted molar refractivity (Wildman–Crippen MR) is 76.3 cm³/mol. The molecular formula is C11H27N4O3P. The highest BCUT2D eigenvalue weighted by Crippen LogP contribution is 2.34. The monoisotopic (exact) mass is 294 g/mol. The SMILES string of the molecule is O=P(O)(O)CN1CCCNCCNCCCNCC1. The van der Waals surface area contributed by atoms with Gasteiger partial charge in [0.15, 0.2) is 0 Å². The summed E-state index contributed by atoms with van der Waals surface area (Å²) in [5.41, 5.74) is 0. The third-order valence-electron chi connectivity index (χ3n) is 3.00. The molecule has 0 amide bonds. The molecule has 1 rings (SSSR count). The summed E-state index contributed by atoms with van der Waals surface area (Å²) in [6.45, 7) is 6.88. The van der Waals surface area contributed by atoms with Gasteiger partial charge >= 0.3 is 7.60 Å². The van der Waals surface area contributed by atoms with E-state index in [0.717, 1.165) is 52.1 Å². The van der Waals surface area contributed by atoms with Crippen molar-refractivity contribution >= 4 is 7.60 Å². The Morgan fingerprint density at radius 3 is 2.05 bits per heavy atom. The lowest BCUT2D eigenvalue weighted by molar-refractivity contribution is 0.271. The Kier molecular flexibility index (Phi) is 8.81. The van der Waals surface area contributed by atoms with Gasteiger partial charge in [-0.05, 0) is 32.5 Å². The van der Waals surface area contributed by atoms with E-state index in [4.69, 9.17) is 9.79 Å². The Hall–Kier alpha value is -0.0100. The van der Waals surface area contributed by atoms with Crippen LogP contribution in [0.15, 0.2) is 0 Å². The van der Waals surface area contributed by atoms with Crippen molar-refractivity contribution < 1.29 is 14.4 Å². The lowest BCUT2D eigenvalue weighted by Crippen LogP contribution is -2.37. The minimum atomic E-state index is -3.96. The van der Waals surface area contributed by atoms with Gasteiger partial charge in [0.05, 0.1) is 0 Å². The Bertz CT molecular complexity index is 261. The van der Waals surface area contributed by atoms with E-state index in [1.54, 1.807) is 0 Å². The summed E-state index contributed by atoms with van der Waals surface area (Å²) < 4.78 is 11.1. The highest BCUT2D eigenvalue weighted by Gasteiger charge is 2.18. The minimum absolute atomic E-state index is 0.143. The third kappa shape index (κ3) is 10.4. The zero-order valence-electron chi connectivity index (χ0n) is 11.5. The molecule has 0 saturated carbocycles. The molecule has 0 bridgehead atoms. The van der Waals surface area contributed by atoms with Crippen molar-refractivity contribution in [1.82, 2.24) is 20.9 Å². The molecule has 114 valence electrons. The molecule has 5 N–H and O–H groups in total. The first-order valence-electron chi connectivity index (χ1n) is 6.97. The third-order valence-corrected chi connectivity index (χ3v) is 3.77. The minimum Gasteiger partial charge on any atom is -0.324 e. The van der Waals surface area contributed by atoms with E-state index >= 15 is 0 Å². The standard InChI is InChI=1S/C11H27N4O3P/c16-19(17,18)11-15-9-2-5-13-7-6-12-3-1-4-14-8-10-15/h12-14H,1-11H2,(H2,16,17,18). The molecule has 0 atom stereocenters. The number of hydrogen-bond acceptors (Lipinski definition) is 5. The maximum Gasteiger partial charge on any atom is 0.339 e. The summed E-state index contributed by atoms with van der Waals surface area (Å²) in [4.78, 5) is 20.0. The van der Waals surface area contributed by atoms with Crippen LogP contribution in [0.2, 0.25) is 0 Å². The molecule has 1 aliphatic rings. The quantitative estimate of drug-likeness (QED) is 0.416. The van der Waals surface area contributed by atoms with Gasteiger partial charge in [-0.2, -0.15) is 0 Å². The van der Waals surface area contributed by atoms with Crippen LogP contribution in [0, 0.1) is 0 Å². The average molecular weight is 294 g/mol. The fourth-order valence-corrected chi connectivity index (χ4v) is 2.87. The molecule has 8 heteroatoms. The van der Waals surface area contributed by atoms with Crippen LogP contribution in [-0.4, -0.2) is 73.3 Å². The molecule has 0 aliphatic carbocycles. The Morgan fingerprint density at radius 2 is 1.42 bits per heavy atom. The van der Waals surface area contributed by atoms with E-state index in [1.165, 1.54) is 0 Å². The van der Waals surface area contributed by atoms with Crippen molar-refractivity contribution in [2.75, 3.05) is 58.6 Å². The molecule has 19 heavy (non-hydrogen) atoms. The summed E-state index contributed by atoms with van der Waals surface area (Å²) in [6.07, 6.45) is 1.83. The van der Waals surface area contributed by atoms with Gasteiger partial charge in [0.2, 0.25) is 0 Å². The predicted octanol–water partition coefficient (Wildman–Crippen LogP) is -1.01. The molecule has 1 aliphatic heterocycles. The van der Waals surface area contributed by atoms with Crippen LogP contribution in [0.5, 0.6) is 0 Å². The van der Waals surface area contributed by atoms with Gasteiger partial charge in [-0.1, -0.05) is 0 Å². The van der Waals surface area contributed by atoms with Crippen molar-refractivity contribution in [2.45, 2.75) is 12.8 Å². The van der Waals surface area contributed by atoms with Crippen LogP contribution >= 0.6 is 7.60 Å². The smallest absolute Gasteiger partial charge is 0.324 e. The second-order valence-electron chi connectivity index (χ2n) is 4.88. The largest absolute Gasteiger partial charge is 0.339 e. The Labute approximate surface area is 115 Å². The second-order valence-corrected chi connectivity index (χ2v) is 6.49. The molecule has 0 aromatic heterocycles. The second kappa shape index (κ2) is 9.83. The van der Waals surface area contributed by atoms with E-state index in [2.05, 4.69) is 16.0 Å². The molecule has 0 aromatic carbocycles. The van der Waals surface area contributed by atoms with Gasteiger partial charge in [-0.15, -0.1) is 0 Å². The van der Waals surface area contributed by atoms with E-state index in [9.17, 15) is 4.57 Å². The molecule has 0 spiro atoms. The fraction of sp³-hybridized carbons (Fsp3) is 1.00. The topological polar surface area (TPSA) is 96.9 Å². The Morgan fingerprint density at radius 1 is 0.842 bits per heavy atom. The molecule has 1 heterocycles. The highest BCUT2D eigenvalue weighted by atomic mass is 31.2. The Balaban J connectivity index is 2.34. The van der Waals surface area contributed by atoms with Crippen LogP contribution in [0.25, 0.3) is 0 Å². The maximum absolute atomic E-state index is 11.1. The lowest BCUT2D eigenvalue weighted by atomic mass is 10.3. The summed E-state index contributed by atoms with van der Waals surface area (Å²) >= 11 is 0. The van der Waals surface area contributed by atoms with Gasteiger partial charge in [0, 0.05) is 32.7 Å². The fourth-order valence-electron chi connectivity index (χ4n) is 2.07. The van der Waals surface area contributed by atoms with Crippen LogP contribution in [0.3, 0.4) is 0 Å². The number of nitrogens with zero attached hydrogens (tertiary/aromatic N) is 1. The molecule has 0 radical (unpaired) electrons. The number of nitrogens with one attached hydrogen (secondary N) is 3. The summed E-state index contributed by atoms with van der Waals surface area (Å²) in [5, 5.41) is 9.99.